The molecule has 3 rings (SSSR count). The molecule has 0 atom stereocenters. The Kier molecular flexibility index (Phi) is 4.03. The Morgan fingerprint density at radius 3 is 2.57 bits per heavy atom. The molecule has 1 aromatic heterocycles. The van der Waals surface area contributed by atoms with E-state index in [4.69, 9.17) is 0 Å². The molecule has 0 N–H and O–H groups in total. The van der Waals surface area contributed by atoms with Crippen molar-refractivity contribution in [1.82, 2.24) is 9.78 Å². The van der Waals surface area contributed by atoms with Crippen molar-refractivity contribution < 1.29 is 9.59 Å². The molecule has 0 radical (unpaired) electrons. The van der Waals surface area contributed by atoms with Crippen LogP contribution in [0, 0.1) is 13.8 Å². The number of carbonyl (C=O) groups is 2. The van der Waals surface area contributed by atoms with Gasteiger partial charge in [-0.15, -0.1) is 0 Å². The molecule has 1 aliphatic heterocycles. The van der Waals surface area contributed by atoms with E-state index >= 15 is 0 Å². The summed E-state index contributed by atoms with van der Waals surface area (Å²) >= 11 is 0. The second kappa shape index (κ2) is 5.99. The highest BCUT2D eigenvalue weighted by Crippen LogP contribution is 2.27. The van der Waals surface area contributed by atoms with E-state index in [2.05, 4.69) is 5.10 Å². The first kappa shape index (κ1) is 15.5. The number of ketones is 1. The summed E-state index contributed by atoms with van der Waals surface area (Å²) in [5.41, 5.74) is 3.75. The van der Waals surface area contributed by atoms with Crippen molar-refractivity contribution >= 4 is 17.4 Å². The first-order chi connectivity index (χ1) is 11.0. The fraction of sp³-hybridized carbons (Fsp3) is 0.389. The molecule has 23 heavy (non-hydrogen) atoms. The molecule has 0 spiro atoms. The quantitative estimate of drug-likeness (QED) is 0.633. The molecule has 1 aromatic carbocycles. The summed E-state index contributed by atoms with van der Waals surface area (Å²) in [4.78, 5) is 27.3. The maximum atomic E-state index is 12.9. The van der Waals surface area contributed by atoms with Crippen molar-refractivity contribution in [3.63, 3.8) is 0 Å². The van der Waals surface area contributed by atoms with Gasteiger partial charge in [0.25, 0.3) is 11.7 Å². The van der Waals surface area contributed by atoms with Gasteiger partial charge < -0.3 is 4.90 Å². The molecule has 120 valence electrons. The molecule has 0 fully saturated rings. The largest absolute Gasteiger partial charge is 0.305 e. The minimum absolute atomic E-state index is 0.430. The average molecular weight is 311 g/mol. The van der Waals surface area contributed by atoms with Gasteiger partial charge in [0, 0.05) is 25.0 Å². The summed E-state index contributed by atoms with van der Waals surface area (Å²) < 4.78 is 1.65. The number of hydrogen-bond donors (Lipinski definition) is 0. The Hall–Kier alpha value is -2.43. The normalized spacial score (nSPS) is 14.3. The number of hydrogen-bond acceptors (Lipinski definition) is 3. The van der Waals surface area contributed by atoms with Gasteiger partial charge in [-0.2, -0.15) is 5.10 Å². The van der Waals surface area contributed by atoms with Crippen LogP contribution in [0.4, 0.5) is 5.69 Å². The Morgan fingerprint density at radius 2 is 1.87 bits per heavy atom. The number of nitrogens with zero attached hydrogens (tertiary/aromatic N) is 3. The Balaban J connectivity index is 1.98. The summed E-state index contributed by atoms with van der Waals surface area (Å²) in [5, 5.41) is 4.25. The minimum atomic E-state index is -0.468. The number of aromatic nitrogens is 2. The fourth-order valence-corrected chi connectivity index (χ4v) is 3.23. The topological polar surface area (TPSA) is 55.2 Å². The number of fused-ring (bicyclic) bond motifs is 1. The molecule has 0 saturated heterocycles. The Morgan fingerprint density at radius 1 is 1.13 bits per heavy atom. The van der Waals surface area contributed by atoms with Crippen molar-refractivity contribution in [2.75, 3.05) is 11.4 Å². The van der Waals surface area contributed by atoms with E-state index in [-0.39, 0.29) is 0 Å². The zero-order valence-corrected chi connectivity index (χ0v) is 13.8. The molecule has 1 amide bonds. The molecule has 5 heteroatoms. The molecule has 0 unspecified atom stereocenters. The van der Waals surface area contributed by atoms with Gasteiger partial charge >= 0.3 is 0 Å². The summed E-state index contributed by atoms with van der Waals surface area (Å²) in [6.45, 7) is 4.17. The van der Waals surface area contributed by atoms with Gasteiger partial charge in [0.05, 0.1) is 11.3 Å². The summed E-state index contributed by atoms with van der Waals surface area (Å²) in [7, 11) is 1.78. The zero-order chi connectivity index (χ0) is 16.6. The number of benzene rings is 1. The first-order valence-electron chi connectivity index (χ1n) is 7.95. The minimum Gasteiger partial charge on any atom is -0.305 e. The Bertz CT molecular complexity index is 777. The third kappa shape index (κ3) is 2.67. The molecular formula is C18H21N3O2. The van der Waals surface area contributed by atoms with Crippen LogP contribution in [0.5, 0.6) is 0 Å². The van der Waals surface area contributed by atoms with Gasteiger partial charge in [0.15, 0.2) is 0 Å². The van der Waals surface area contributed by atoms with E-state index in [0.717, 1.165) is 36.2 Å². The average Bonchev–Trinajstić information content (AvgIpc) is 2.71. The third-order valence-electron chi connectivity index (χ3n) is 4.54. The number of anilines is 1. The molecule has 1 aliphatic rings. The van der Waals surface area contributed by atoms with Gasteiger partial charge in [-0.25, -0.2) is 0 Å². The van der Waals surface area contributed by atoms with Crippen molar-refractivity contribution in [2.45, 2.75) is 33.1 Å². The lowest BCUT2D eigenvalue weighted by Gasteiger charge is -2.22. The van der Waals surface area contributed by atoms with Crippen LogP contribution in [-0.4, -0.2) is 28.0 Å². The van der Waals surface area contributed by atoms with Crippen LogP contribution in [0.1, 0.15) is 40.2 Å². The van der Waals surface area contributed by atoms with Crippen LogP contribution in [0.15, 0.2) is 24.3 Å². The van der Waals surface area contributed by atoms with Crippen molar-refractivity contribution in [1.29, 1.82) is 0 Å². The number of aryl methyl sites for hydroxylation is 3. The maximum Gasteiger partial charge on any atom is 0.299 e. The fourth-order valence-electron chi connectivity index (χ4n) is 3.23. The van der Waals surface area contributed by atoms with E-state index in [9.17, 15) is 9.59 Å². The molecular weight excluding hydrogens is 290 g/mol. The molecule has 5 nitrogen and oxygen atoms in total. The molecule has 2 heterocycles. The van der Waals surface area contributed by atoms with Gasteiger partial charge in [-0.05, 0) is 44.7 Å². The summed E-state index contributed by atoms with van der Waals surface area (Å²) in [6.07, 6.45) is 2.87. The van der Waals surface area contributed by atoms with Gasteiger partial charge in [0.2, 0.25) is 0 Å². The second-order valence-corrected chi connectivity index (χ2v) is 6.04. The predicted octanol–water partition coefficient (Wildman–Crippen LogP) is 2.59. The molecule has 0 saturated carbocycles. The zero-order valence-electron chi connectivity index (χ0n) is 13.8. The van der Waals surface area contributed by atoms with Crippen LogP contribution < -0.4 is 4.90 Å². The van der Waals surface area contributed by atoms with Gasteiger partial charge in [0.1, 0.15) is 0 Å². The highest BCUT2D eigenvalue weighted by molar-refractivity contribution is 6.47. The summed E-state index contributed by atoms with van der Waals surface area (Å²) in [6, 6.07) is 7.85. The number of carbonyl (C=O) groups excluding carboxylic acids is 2. The highest BCUT2D eigenvalue weighted by atomic mass is 16.2. The van der Waals surface area contributed by atoms with Crippen LogP contribution >= 0.6 is 0 Å². The monoisotopic (exact) mass is 311 g/mol. The lowest BCUT2D eigenvalue weighted by molar-refractivity contribution is -0.114. The standard InChI is InChI=1S/C18H21N3O2/c1-12-16(13(2)20(3)19-12)17(22)18(23)21-11-7-6-9-14-8-4-5-10-15(14)21/h4-5,8,10H,6-7,9,11H2,1-3H3. The second-order valence-electron chi connectivity index (χ2n) is 6.04. The summed E-state index contributed by atoms with van der Waals surface area (Å²) in [5.74, 6) is -0.927. The van der Waals surface area contributed by atoms with E-state index < -0.39 is 11.7 Å². The maximum absolute atomic E-state index is 12.9. The lowest BCUT2D eigenvalue weighted by atomic mass is 10.1. The molecule has 2 aromatic rings. The van der Waals surface area contributed by atoms with Crippen LogP contribution in [0.2, 0.25) is 0 Å². The predicted molar refractivity (Wildman–Crippen MR) is 88.7 cm³/mol. The highest BCUT2D eigenvalue weighted by Gasteiger charge is 2.30. The van der Waals surface area contributed by atoms with Gasteiger partial charge in [-0.1, -0.05) is 18.2 Å². The number of para-hydroxylation sites is 1. The van der Waals surface area contributed by atoms with E-state index in [0.29, 0.717) is 17.8 Å². The van der Waals surface area contributed by atoms with E-state index in [1.165, 1.54) is 0 Å². The lowest BCUT2D eigenvalue weighted by Crippen LogP contribution is -2.37. The van der Waals surface area contributed by atoms with E-state index in [1.54, 1.807) is 23.6 Å². The van der Waals surface area contributed by atoms with Crippen molar-refractivity contribution in [3.8, 4) is 0 Å². The van der Waals surface area contributed by atoms with E-state index in [1.807, 2.05) is 31.2 Å². The SMILES string of the molecule is Cc1nn(C)c(C)c1C(=O)C(=O)N1CCCCc2ccccc21. The number of Topliss-reactive ketones (excluding diaryl/α,β-unsaturated/α-hetero) is 1. The number of rotatable bonds is 2. The smallest absolute Gasteiger partial charge is 0.299 e. The van der Waals surface area contributed by atoms with Crippen LogP contribution in [0.25, 0.3) is 0 Å². The van der Waals surface area contributed by atoms with Crippen LogP contribution in [0.3, 0.4) is 0 Å². The molecule has 0 bridgehead atoms. The first-order valence-corrected chi connectivity index (χ1v) is 7.95. The molecule has 0 aliphatic carbocycles. The van der Waals surface area contributed by atoms with Crippen molar-refractivity contribution in [2.24, 2.45) is 7.05 Å². The van der Waals surface area contributed by atoms with Gasteiger partial charge in [-0.3, -0.25) is 14.3 Å². The Labute approximate surface area is 135 Å². The number of amides is 1. The third-order valence-corrected chi connectivity index (χ3v) is 4.54. The van der Waals surface area contributed by atoms with Crippen molar-refractivity contribution in [3.05, 3.63) is 46.8 Å². The van der Waals surface area contributed by atoms with Crippen LogP contribution in [-0.2, 0) is 18.3 Å².